The van der Waals surface area contributed by atoms with Crippen molar-refractivity contribution in [2.24, 2.45) is 0 Å². The van der Waals surface area contributed by atoms with Crippen LogP contribution in [0.15, 0.2) is 70.7 Å². The summed E-state index contributed by atoms with van der Waals surface area (Å²) in [6.45, 7) is 5.18. The van der Waals surface area contributed by atoms with E-state index in [1.807, 2.05) is 50.2 Å². The minimum absolute atomic E-state index is 0.0272. The number of halogens is 2. The van der Waals surface area contributed by atoms with E-state index >= 15 is 0 Å². The van der Waals surface area contributed by atoms with Gasteiger partial charge < -0.3 is 19.5 Å². The number of rotatable bonds is 10. The maximum absolute atomic E-state index is 12.7. The normalized spacial score (nSPS) is 10.9. The van der Waals surface area contributed by atoms with Gasteiger partial charge in [0, 0.05) is 10.2 Å². The smallest absolute Gasteiger partial charge is 0.266 e. The summed E-state index contributed by atoms with van der Waals surface area (Å²) in [6, 6.07) is 20.5. The lowest BCUT2D eigenvalue weighted by Crippen LogP contribution is -2.13. The Morgan fingerprint density at radius 3 is 2.34 bits per heavy atom. The van der Waals surface area contributed by atoms with Crippen molar-refractivity contribution in [2.75, 3.05) is 18.5 Å². The number of amides is 1. The van der Waals surface area contributed by atoms with Crippen LogP contribution >= 0.6 is 38.5 Å². The van der Waals surface area contributed by atoms with Crippen LogP contribution in [-0.4, -0.2) is 19.1 Å². The van der Waals surface area contributed by atoms with Gasteiger partial charge in [0.1, 0.15) is 24.0 Å². The Labute approximate surface area is 227 Å². The lowest BCUT2D eigenvalue weighted by molar-refractivity contribution is -0.112. The first-order valence-electron chi connectivity index (χ1n) is 10.9. The van der Waals surface area contributed by atoms with E-state index in [9.17, 15) is 10.1 Å². The van der Waals surface area contributed by atoms with Gasteiger partial charge in [-0.2, -0.15) is 5.26 Å². The van der Waals surface area contributed by atoms with Gasteiger partial charge in [-0.25, -0.2) is 0 Å². The minimum atomic E-state index is -0.500. The zero-order chi connectivity index (χ0) is 25.2. The Bertz CT molecular complexity index is 1240. The Kier molecular flexibility index (Phi) is 9.99. The first-order valence-corrected chi connectivity index (χ1v) is 12.8. The molecule has 1 amide bonds. The third-order valence-corrected chi connectivity index (χ3v) is 6.06. The number of nitrogens with one attached hydrogen (secondary N) is 1. The van der Waals surface area contributed by atoms with Crippen LogP contribution in [0.1, 0.15) is 25.0 Å². The van der Waals surface area contributed by atoms with Gasteiger partial charge in [0.05, 0.1) is 16.8 Å². The summed E-state index contributed by atoms with van der Waals surface area (Å²) in [7, 11) is 0. The second kappa shape index (κ2) is 13.2. The predicted octanol–water partition coefficient (Wildman–Crippen LogP) is 6.98. The van der Waals surface area contributed by atoms with Crippen LogP contribution in [0.5, 0.6) is 17.2 Å². The molecule has 0 saturated heterocycles. The van der Waals surface area contributed by atoms with Crippen molar-refractivity contribution in [3.63, 3.8) is 0 Å². The fourth-order valence-electron chi connectivity index (χ4n) is 3.13. The molecule has 0 bridgehead atoms. The van der Waals surface area contributed by atoms with E-state index in [4.69, 9.17) is 14.2 Å². The average Bonchev–Trinajstić information content (AvgIpc) is 2.84. The van der Waals surface area contributed by atoms with Gasteiger partial charge in [0.15, 0.2) is 11.5 Å². The van der Waals surface area contributed by atoms with Gasteiger partial charge in [0.2, 0.25) is 0 Å². The zero-order valence-corrected chi connectivity index (χ0v) is 23.1. The van der Waals surface area contributed by atoms with E-state index in [0.29, 0.717) is 48.3 Å². The van der Waals surface area contributed by atoms with E-state index in [-0.39, 0.29) is 5.57 Å². The van der Waals surface area contributed by atoms with Crippen molar-refractivity contribution < 1.29 is 19.0 Å². The number of hydrogen-bond acceptors (Lipinski definition) is 5. The Morgan fingerprint density at radius 2 is 1.71 bits per heavy atom. The van der Waals surface area contributed by atoms with Gasteiger partial charge in [-0.3, -0.25) is 4.79 Å². The third-order valence-electron chi connectivity index (χ3n) is 4.73. The molecule has 3 rings (SSSR count). The fourth-order valence-corrected chi connectivity index (χ4v) is 4.17. The Balaban J connectivity index is 1.79. The summed E-state index contributed by atoms with van der Waals surface area (Å²) in [5.74, 6) is 1.37. The number of benzene rings is 3. The molecule has 0 aliphatic heterocycles. The molecule has 0 atom stereocenters. The molecule has 0 aliphatic rings. The van der Waals surface area contributed by atoms with E-state index in [0.717, 1.165) is 13.6 Å². The highest BCUT2D eigenvalue weighted by Crippen LogP contribution is 2.35. The van der Waals surface area contributed by atoms with Crippen molar-refractivity contribution in [1.29, 1.82) is 5.26 Å². The molecule has 3 aromatic rings. The van der Waals surface area contributed by atoms with E-state index in [1.165, 1.54) is 6.08 Å². The van der Waals surface area contributed by atoms with Crippen LogP contribution in [0.4, 0.5) is 5.69 Å². The lowest BCUT2D eigenvalue weighted by atomic mass is 10.1. The summed E-state index contributed by atoms with van der Waals surface area (Å²) in [5.41, 5.74) is 2.22. The number of ether oxygens (including phenoxy) is 3. The van der Waals surface area contributed by atoms with Gasteiger partial charge in [0.25, 0.3) is 5.91 Å². The highest BCUT2D eigenvalue weighted by atomic mass is 127. The molecule has 0 spiro atoms. The molecule has 0 aliphatic carbocycles. The first-order chi connectivity index (χ1) is 16.9. The van der Waals surface area contributed by atoms with Crippen LogP contribution < -0.4 is 19.5 Å². The van der Waals surface area contributed by atoms with Crippen molar-refractivity contribution in [3.05, 3.63) is 85.4 Å². The van der Waals surface area contributed by atoms with Crippen molar-refractivity contribution in [1.82, 2.24) is 0 Å². The molecule has 3 aromatic carbocycles. The molecular formula is C27H24BrIN2O4. The number of anilines is 1. The summed E-state index contributed by atoms with van der Waals surface area (Å²) in [6.07, 6.45) is 1.53. The number of carbonyl (C=O) groups excluding carboxylic acids is 1. The number of carbonyl (C=O) groups is 1. The summed E-state index contributed by atoms with van der Waals surface area (Å²) in [4.78, 5) is 12.7. The first kappa shape index (κ1) is 26.6. The van der Waals surface area contributed by atoms with Gasteiger partial charge >= 0.3 is 0 Å². The molecule has 8 heteroatoms. The molecule has 0 aromatic heterocycles. The largest absolute Gasteiger partial charge is 0.494 e. The average molecular weight is 647 g/mol. The van der Waals surface area contributed by atoms with Crippen molar-refractivity contribution >= 4 is 56.2 Å². The maximum atomic E-state index is 12.7. The molecule has 6 nitrogen and oxygen atoms in total. The SMILES string of the molecule is CCOc1ccc(NC(=O)/C(C#N)=C\c2cc(I)c(OCc3ccc(Br)cc3)c(OCC)c2)cc1. The summed E-state index contributed by atoms with van der Waals surface area (Å²) < 4.78 is 19.1. The molecule has 0 fully saturated rings. The third kappa shape index (κ3) is 7.73. The van der Waals surface area contributed by atoms with Crippen molar-refractivity contribution in [3.8, 4) is 23.3 Å². The van der Waals surface area contributed by atoms with Crippen LogP contribution in [0.3, 0.4) is 0 Å². The second-order valence-corrected chi connectivity index (χ2v) is 9.34. The fraction of sp³-hybridized carbons (Fsp3) is 0.185. The summed E-state index contributed by atoms with van der Waals surface area (Å²) >= 11 is 5.60. The van der Waals surface area contributed by atoms with Crippen LogP contribution in [0, 0.1) is 14.9 Å². The number of nitriles is 1. The highest BCUT2D eigenvalue weighted by molar-refractivity contribution is 14.1. The Hall–Kier alpha value is -3.03. The second-order valence-electron chi connectivity index (χ2n) is 7.26. The van der Waals surface area contributed by atoms with Crippen LogP contribution in [0.2, 0.25) is 0 Å². The maximum Gasteiger partial charge on any atom is 0.266 e. The zero-order valence-electron chi connectivity index (χ0n) is 19.3. The van der Waals surface area contributed by atoms with E-state index in [2.05, 4.69) is 43.8 Å². The van der Waals surface area contributed by atoms with Gasteiger partial charge in [-0.15, -0.1) is 0 Å². The summed E-state index contributed by atoms with van der Waals surface area (Å²) in [5, 5.41) is 12.4. The molecular weight excluding hydrogens is 623 g/mol. The molecule has 180 valence electrons. The number of nitrogens with zero attached hydrogens (tertiary/aromatic N) is 1. The Morgan fingerprint density at radius 1 is 1.03 bits per heavy atom. The monoisotopic (exact) mass is 646 g/mol. The van der Waals surface area contributed by atoms with E-state index < -0.39 is 5.91 Å². The molecule has 0 saturated carbocycles. The quantitative estimate of drug-likeness (QED) is 0.146. The highest BCUT2D eigenvalue weighted by Gasteiger charge is 2.15. The standard InChI is InChI=1S/C27H24BrIN2O4/c1-3-33-23-11-9-22(10-12-23)31-27(32)20(16-30)13-19-14-24(29)26(25(15-19)34-4-2)35-17-18-5-7-21(28)8-6-18/h5-15H,3-4,17H2,1-2H3,(H,31,32)/b20-13-. The molecule has 0 radical (unpaired) electrons. The lowest BCUT2D eigenvalue weighted by Gasteiger charge is -2.15. The molecule has 35 heavy (non-hydrogen) atoms. The molecule has 0 unspecified atom stereocenters. The van der Waals surface area contributed by atoms with E-state index in [1.54, 1.807) is 30.3 Å². The molecule has 1 N–H and O–H groups in total. The van der Waals surface area contributed by atoms with Crippen LogP contribution in [0.25, 0.3) is 6.08 Å². The number of hydrogen-bond donors (Lipinski definition) is 1. The predicted molar refractivity (Wildman–Crippen MR) is 149 cm³/mol. The van der Waals surface area contributed by atoms with Gasteiger partial charge in [-0.05, 0) is 102 Å². The topological polar surface area (TPSA) is 80.6 Å². The van der Waals surface area contributed by atoms with Crippen LogP contribution in [-0.2, 0) is 11.4 Å². The molecule has 0 heterocycles. The van der Waals surface area contributed by atoms with Crippen molar-refractivity contribution in [2.45, 2.75) is 20.5 Å². The van der Waals surface area contributed by atoms with Gasteiger partial charge in [-0.1, -0.05) is 28.1 Å². The minimum Gasteiger partial charge on any atom is -0.494 e.